The van der Waals surface area contributed by atoms with E-state index in [9.17, 15) is 0 Å². The molecule has 3 heterocycles. The minimum atomic E-state index is 0.965. The standard InChI is InChI=1S/C20H19N3S/c1-13-7-4-5-9-16(13)21-20-19(17-12-11-15(3)24-17)22-18-10-6-8-14(2)23(18)20/h4-12,21H,1-3H3. The van der Waals surface area contributed by atoms with Crippen molar-refractivity contribution in [1.29, 1.82) is 0 Å². The Morgan fingerprint density at radius 3 is 2.50 bits per heavy atom. The first-order valence-electron chi connectivity index (χ1n) is 8.01. The molecule has 1 N–H and O–H groups in total. The minimum absolute atomic E-state index is 0.965. The number of hydrogen-bond acceptors (Lipinski definition) is 3. The number of aromatic nitrogens is 2. The van der Waals surface area contributed by atoms with Crippen molar-refractivity contribution in [3.05, 3.63) is 70.7 Å². The summed E-state index contributed by atoms with van der Waals surface area (Å²) < 4.78 is 2.19. The number of benzene rings is 1. The number of aryl methyl sites for hydroxylation is 3. The molecule has 0 atom stereocenters. The summed E-state index contributed by atoms with van der Waals surface area (Å²) in [6.45, 7) is 6.36. The largest absolute Gasteiger partial charge is 0.339 e. The van der Waals surface area contributed by atoms with E-state index in [0.717, 1.165) is 28.5 Å². The van der Waals surface area contributed by atoms with E-state index in [-0.39, 0.29) is 0 Å². The molecule has 0 amide bonds. The van der Waals surface area contributed by atoms with Gasteiger partial charge in [-0.3, -0.25) is 4.40 Å². The van der Waals surface area contributed by atoms with Gasteiger partial charge in [-0.2, -0.15) is 0 Å². The van der Waals surface area contributed by atoms with Crippen LogP contribution in [0.1, 0.15) is 16.1 Å². The van der Waals surface area contributed by atoms with Gasteiger partial charge in [-0.1, -0.05) is 24.3 Å². The van der Waals surface area contributed by atoms with Crippen LogP contribution in [0.25, 0.3) is 16.2 Å². The molecule has 4 heteroatoms. The smallest absolute Gasteiger partial charge is 0.144 e. The summed E-state index contributed by atoms with van der Waals surface area (Å²) >= 11 is 1.78. The molecule has 4 rings (SSSR count). The van der Waals surface area contributed by atoms with Crippen molar-refractivity contribution >= 4 is 28.5 Å². The summed E-state index contributed by atoms with van der Waals surface area (Å²) in [6.07, 6.45) is 0. The predicted octanol–water partition coefficient (Wildman–Crippen LogP) is 5.73. The summed E-state index contributed by atoms with van der Waals surface area (Å²) in [6, 6.07) is 18.9. The Hall–Kier alpha value is -2.59. The third-order valence-corrected chi connectivity index (χ3v) is 5.22. The second-order valence-corrected chi connectivity index (χ2v) is 7.31. The summed E-state index contributed by atoms with van der Waals surface area (Å²) in [5.74, 6) is 1.03. The molecule has 0 aliphatic rings. The molecule has 0 unspecified atom stereocenters. The Morgan fingerprint density at radius 2 is 1.75 bits per heavy atom. The van der Waals surface area contributed by atoms with Crippen LogP contribution in [-0.2, 0) is 0 Å². The molecule has 0 aliphatic carbocycles. The highest BCUT2D eigenvalue weighted by molar-refractivity contribution is 7.15. The number of nitrogens with zero attached hydrogens (tertiary/aromatic N) is 2. The van der Waals surface area contributed by atoms with Crippen LogP contribution in [0.4, 0.5) is 11.5 Å². The van der Waals surface area contributed by atoms with Crippen LogP contribution in [0.15, 0.2) is 54.6 Å². The lowest BCUT2D eigenvalue weighted by atomic mass is 10.2. The summed E-state index contributed by atoms with van der Waals surface area (Å²) in [4.78, 5) is 7.37. The fourth-order valence-electron chi connectivity index (χ4n) is 2.94. The van der Waals surface area contributed by atoms with Gasteiger partial charge in [0.1, 0.15) is 17.2 Å². The molecule has 0 saturated carbocycles. The SMILES string of the molecule is Cc1ccc(-c2nc3cccc(C)n3c2Nc2ccccc2C)s1. The van der Waals surface area contributed by atoms with Gasteiger partial charge in [0.15, 0.2) is 0 Å². The summed E-state index contributed by atoms with van der Waals surface area (Å²) in [5.41, 5.74) is 5.46. The zero-order chi connectivity index (χ0) is 16.7. The fourth-order valence-corrected chi connectivity index (χ4v) is 3.80. The Balaban J connectivity index is 1.96. The molecule has 0 fully saturated rings. The highest BCUT2D eigenvalue weighted by Gasteiger charge is 2.17. The van der Waals surface area contributed by atoms with E-state index in [0.29, 0.717) is 0 Å². The highest BCUT2D eigenvalue weighted by atomic mass is 32.1. The molecule has 4 aromatic rings. The van der Waals surface area contributed by atoms with Gasteiger partial charge in [-0.05, 0) is 56.7 Å². The third-order valence-electron chi connectivity index (χ3n) is 4.21. The Bertz CT molecular complexity index is 1030. The van der Waals surface area contributed by atoms with Crippen LogP contribution in [0, 0.1) is 20.8 Å². The average molecular weight is 333 g/mol. The molecule has 0 aliphatic heterocycles. The van der Waals surface area contributed by atoms with Crippen molar-refractivity contribution in [2.24, 2.45) is 0 Å². The number of thiophene rings is 1. The Labute approximate surface area is 145 Å². The average Bonchev–Trinajstić information content (AvgIpc) is 3.14. The molecule has 3 nitrogen and oxygen atoms in total. The first-order valence-corrected chi connectivity index (χ1v) is 8.82. The molecule has 0 saturated heterocycles. The van der Waals surface area contributed by atoms with Crippen LogP contribution in [0.2, 0.25) is 0 Å². The van der Waals surface area contributed by atoms with Crippen LogP contribution < -0.4 is 5.32 Å². The van der Waals surface area contributed by atoms with Crippen LogP contribution >= 0.6 is 11.3 Å². The van der Waals surface area contributed by atoms with Gasteiger partial charge in [0.2, 0.25) is 0 Å². The first kappa shape index (κ1) is 15.0. The molecule has 0 spiro atoms. The number of anilines is 2. The quantitative estimate of drug-likeness (QED) is 0.518. The lowest BCUT2D eigenvalue weighted by Gasteiger charge is -2.12. The minimum Gasteiger partial charge on any atom is -0.339 e. The van der Waals surface area contributed by atoms with Crippen molar-refractivity contribution in [1.82, 2.24) is 9.38 Å². The molecule has 0 radical (unpaired) electrons. The Kier molecular flexibility index (Phi) is 3.62. The lowest BCUT2D eigenvalue weighted by molar-refractivity contribution is 1.10. The zero-order valence-corrected chi connectivity index (χ0v) is 14.8. The maximum Gasteiger partial charge on any atom is 0.144 e. The van der Waals surface area contributed by atoms with Gasteiger partial charge in [0.05, 0.1) is 4.88 Å². The van der Waals surface area contributed by atoms with E-state index in [2.05, 4.69) is 85.1 Å². The van der Waals surface area contributed by atoms with Crippen molar-refractivity contribution in [3.63, 3.8) is 0 Å². The topological polar surface area (TPSA) is 29.3 Å². The van der Waals surface area contributed by atoms with E-state index in [4.69, 9.17) is 4.98 Å². The maximum absolute atomic E-state index is 4.89. The van der Waals surface area contributed by atoms with Crippen LogP contribution in [0.5, 0.6) is 0 Å². The van der Waals surface area contributed by atoms with Crippen molar-refractivity contribution in [2.75, 3.05) is 5.32 Å². The van der Waals surface area contributed by atoms with E-state index < -0.39 is 0 Å². The summed E-state index contributed by atoms with van der Waals surface area (Å²) in [7, 11) is 0. The van der Waals surface area contributed by atoms with E-state index in [1.807, 2.05) is 0 Å². The Morgan fingerprint density at radius 1 is 0.917 bits per heavy atom. The zero-order valence-electron chi connectivity index (χ0n) is 14.0. The van der Waals surface area contributed by atoms with Gasteiger partial charge in [-0.25, -0.2) is 4.98 Å². The number of hydrogen-bond donors (Lipinski definition) is 1. The van der Waals surface area contributed by atoms with E-state index >= 15 is 0 Å². The molecule has 3 aromatic heterocycles. The number of imidazole rings is 1. The lowest BCUT2D eigenvalue weighted by Crippen LogP contribution is -2.00. The summed E-state index contributed by atoms with van der Waals surface area (Å²) in [5, 5.41) is 3.62. The number of fused-ring (bicyclic) bond motifs is 1. The molecule has 120 valence electrons. The molecule has 0 bridgehead atoms. The fraction of sp³-hybridized carbons (Fsp3) is 0.150. The molecule has 1 aromatic carbocycles. The van der Waals surface area contributed by atoms with Gasteiger partial charge in [0.25, 0.3) is 0 Å². The predicted molar refractivity (Wildman–Crippen MR) is 102 cm³/mol. The van der Waals surface area contributed by atoms with Gasteiger partial charge >= 0.3 is 0 Å². The second-order valence-electron chi connectivity index (χ2n) is 6.02. The monoisotopic (exact) mass is 333 g/mol. The van der Waals surface area contributed by atoms with Gasteiger partial charge in [-0.15, -0.1) is 11.3 Å². The van der Waals surface area contributed by atoms with Crippen molar-refractivity contribution in [2.45, 2.75) is 20.8 Å². The third kappa shape index (κ3) is 2.49. The number of rotatable bonds is 3. The maximum atomic E-state index is 4.89. The number of nitrogens with one attached hydrogen (secondary N) is 1. The van der Waals surface area contributed by atoms with Crippen LogP contribution in [-0.4, -0.2) is 9.38 Å². The number of pyridine rings is 1. The van der Waals surface area contributed by atoms with Crippen molar-refractivity contribution < 1.29 is 0 Å². The van der Waals surface area contributed by atoms with E-state index in [1.54, 1.807) is 11.3 Å². The second kappa shape index (κ2) is 5.80. The molecular weight excluding hydrogens is 314 g/mol. The normalized spacial score (nSPS) is 11.1. The first-order chi connectivity index (χ1) is 11.6. The highest BCUT2D eigenvalue weighted by Crippen LogP contribution is 2.36. The van der Waals surface area contributed by atoms with E-state index in [1.165, 1.54) is 15.3 Å². The molecular formula is C20H19N3S. The van der Waals surface area contributed by atoms with Crippen molar-refractivity contribution in [3.8, 4) is 10.6 Å². The van der Waals surface area contributed by atoms with Gasteiger partial charge in [0, 0.05) is 16.3 Å². The molecule has 24 heavy (non-hydrogen) atoms. The number of para-hydroxylation sites is 1. The van der Waals surface area contributed by atoms with Gasteiger partial charge < -0.3 is 5.32 Å². The van der Waals surface area contributed by atoms with Crippen LogP contribution in [0.3, 0.4) is 0 Å².